The summed E-state index contributed by atoms with van der Waals surface area (Å²) in [6, 6.07) is 15.2. The Morgan fingerprint density at radius 2 is 1.55 bits per heavy atom. The lowest BCUT2D eigenvalue weighted by Gasteiger charge is -2.20. The van der Waals surface area contributed by atoms with Crippen LogP contribution in [0, 0.1) is 0 Å². The number of imide groups is 1. The molecule has 0 spiro atoms. The van der Waals surface area contributed by atoms with Crippen LogP contribution in [-0.4, -0.2) is 47.8 Å². The molecule has 0 unspecified atom stereocenters. The summed E-state index contributed by atoms with van der Waals surface area (Å²) in [4.78, 5) is 49.8. The fraction of sp³-hybridized carbons (Fsp3) is 0.273. The van der Waals surface area contributed by atoms with Crippen molar-refractivity contribution in [1.82, 2.24) is 10.2 Å². The SMILES string of the molecule is C[C@@H](C(=O)OCC(=O)NCCCc1ccccc1)N1C(=O)c2ccccc2C1=O. The summed E-state index contributed by atoms with van der Waals surface area (Å²) in [5, 5.41) is 2.68. The van der Waals surface area contributed by atoms with Crippen molar-refractivity contribution in [1.29, 1.82) is 0 Å². The van der Waals surface area contributed by atoms with Crippen molar-refractivity contribution in [3.8, 4) is 0 Å². The predicted octanol–water partition coefficient (Wildman–Crippen LogP) is 1.96. The maximum Gasteiger partial charge on any atom is 0.329 e. The third kappa shape index (κ3) is 4.68. The first kappa shape index (κ1) is 20.3. The van der Waals surface area contributed by atoms with Crippen LogP contribution in [-0.2, 0) is 20.7 Å². The first-order valence-corrected chi connectivity index (χ1v) is 9.43. The Balaban J connectivity index is 1.43. The van der Waals surface area contributed by atoms with Crippen LogP contribution in [0.15, 0.2) is 54.6 Å². The normalized spacial score (nSPS) is 13.8. The zero-order chi connectivity index (χ0) is 20.8. The first-order chi connectivity index (χ1) is 14.0. The third-order valence-electron chi connectivity index (χ3n) is 4.71. The van der Waals surface area contributed by atoms with Crippen molar-refractivity contribution < 1.29 is 23.9 Å². The highest BCUT2D eigenvalue weighted by Crippen LogP contribution is 2.24. The second kappa shape index (κ2) is 9.14. The Bertz CT molecular complexity index is 891. The molecule has 3 rings (SSSR count). The van der Waals surface area contributed by atoms with Gasteiger partial charge in [-0.05, 0) is 37.5 Å². The van der Waals surface area contributed by atoms with Crippen molar-refractivity contribution in [2.24, 2.45) is 0 Å². The molecule has 1 N–H and O–H groups in total. The monoisotopic (exact) mass is 394 g/mol. The average molecular weight is 394 g/mol. The molecule has 1 aliphatic heterocycles. The van der Waals surface area contributed by atoms with Crippen molar-refractivity contribution in [2.75, 3.05) is 13.2 Å². The molecular weight excluding hydrogens is 372 g/mol. The molecule has 7 heteroatoms. The number of carbonyl (C=O) groups excluding carboxylic acids is 4. The van der Waals surface area contributed by atoms with E-state index in [9.17, 15) is 19.2 Å². The van der Waals surface area contributed by atoms with Gasteiger partial charge in [-0.25, -0.2) is 4.79 Å². The van der Waals surface area contributed by atoms with Gasteiger partial charge in [-0.1, -0.05) is 42.5 Å². The van der Waals surface area contributed by atoms with Gasteiger partial charge in [0.25, 0.3) is 17.7 Å². The number of hydrogen-bond acceptors (Lipinski definition) is 5. The van der Waals surface area contributed by atoms with E-state index in [1.54, 1.807) is 12.1 Å². The summed E-state index contributed by atoms with van der Waals surface area (Å²) in [5.74, 6) is -2.32. The first-order valence-electron chi connectivity index (χ1n) is 9.43. The maximum absolute atomic E-state index is 12.4. The maximum atomic E-state index is 12.4. The Morgan fingerprint density at radius 3 is 2.17 bits per heavy atom. The molecule has 3 amide bonds. The average Bonchev–Trinajstić information content (AvgIpc) is 3.00. The molecule has 0 aromatic heterocycles. The fourth-order valence-electron chi connectivity index (χ4n) is 3.14. The number of fused-ring (bicyclic) bond motifs is 1. The fourth-order valence-corrected chi connectivity index (χ4v) is 3.14. The van der Waals surface area contributed by atoms with Gasteiger partial charge >= 0.3 is 5.97 Å². The van der Waals surface area contributed by atoms with E-state index < -0.39 is 36.3 Å². The van der Waals surface area contributed by atoms with E-state index in [0.717, 1.165) is 17.7 Å². The molecule has 2 aromatic rings. The summed E-state index contributed by atoms with van der Waals surface area (Å²) in [7, 11) is 0. The highest BCUT2D eigenvalue weighted by atomic mass is 16.5. The molecule has 0 aliphatic carbocycles. The van der Waals surface area contributed by atoms with E-state index in [0.29, 0.717) is 6.54 Å². The number of amides is 3. The minimum atomic E-state index is -1.12. The molecule has 29 heavy (non-hydrogen) atoms. The van der Waals surface area contributed by atoms with Gasteiger partial charge in [0.15, 0.2) is 6.61 Å². The van der Waals surface area contributed by atoms with Crippen molar-refractivity contribution >= 4 is 23.7 Å². The summed E-state index contributed by atoms with van der Waals surface area (Å²) in [5.41, 5.74) is 1.70. The van der Waals surface area contributed by atoms with Crippen LogP contribution in [0.1, 0.15) is 39.6 Å². The quantitative estimate of drug-likeness (QED) is 0.420. The largest absolute Gasteiger partial charge is 0.454 e. The van der Waals surface area contributed by atoms with Crippen LogP contribution in [0.2, 0.25) is 0 Å². The topological polar surface area (TPSA) is 92.8 Å². The lowest BCUT2D eigenvalue weighted by molar-refractivity contribution is -0.151. The van der Waals surface area contributed by atoms with Gasteiger partial charge < -0.3 is 10.1 Å². The number of nitrogens with one attached hydrogen (secondary N) is 1. The lowest BCUT2D eigenvalue weighted by atomic mass is 10.1. The number of ether oxygens (including phenoxy) is 1. The second-order valence-electron chi connectivity index (χ2n) is 6.75. The van der Waals surface area contributed by atoms with Gasteiger partial charge in [-0.3, -0.25) is 19.3 Å². The Labute approximate surface area is 168 Å². The zero-order valence-corrected chi connectivity index (χ0v) is 16.1. The number of aryl methyl sites for hydroxylation is 1. The second-order valence-corrected chi connectivity index (χ2v) is 6.75. The number of carbonyl (C=O) groups is 4. The molecule has 0 radical (unpaired) electrons. The molecule has 1 atom stereocenters. The van der Waals surface area contributed by atoms with Crippen LogP contribution >= 0.6 is 0 Å². The molecule has 150 valence electrons. The molecule has 0 bridgehead atoms. The van der Waals surface area contributed by atoms with E-state index in [-0.39, 0.29) is 11.1 Å². The molecule has 0 saturated heterocycles. The minimum absolute atomic E-state index is 0.258. The van der Waals surface area contributed by atoms with Gasteiger partial charge in [0.1, 0.15) is 6.04 Å². The van der Waals surface area contributed by atoms with Crippen LogP contribution in [0.3, 0.4) is 0 Å². The van der Waals surface area contributed by atoms with Crippen molar-refractivity contribution in [2.45, 2.75) is 25.8 Å². The molecule has 0 fully saturated rings. The minimum Gasteiger partial charge on any atom is -0.454 e. The predicted molar refractivity (Wildman–Crippen MR) is 105 cm³/mol. The lowest BCUT2D eigenvalue weighted by Crippen LogP contribution is -2.44. The summed E-state index contributed by atoms with van der Waals surface area (Å²) in [6.07, 6.45) is 1.59. The van der Waals surface area contributed by atoms with Crippen LogP contribution < -0.4 is 5.32 Å². The Kier molecular flexibility index (Phi) is 6.39. The van der Waals surface area contributed by atoms with Crippen LogP contribution in [0.25, 0.3) is 0 Å². The summed E-state index contributed by atoms with van der Waals surface area (Å²) >= 11 is 0. The molecular formula is C22H22N2O5. The van der Waals surface area contributed by atoms with Gasteiger partial charge in [0.2, 0.25) is 0 Å². The van der Waals surface area contributed by atoms with Gasteiger partial charge in [0, 0.05) is 6.54 Å². The Morgan fingerprint density at radius 1 is 0.966 bits per heavy atom. The number of benzene rings is 2. The van der Waals surface area contributed by atoms with Gasteiger partial charge in [0.05, 0.1) is 11.1 Å². The number of esters is 1. The highest BCUT2D eigenvalue weighted by Gasteiger charge is 2.41. The van der Waals surface area contributed by atoms with Crippen LogP contribution in [0.4, 0.5) is 0 Å². The summed E-state index contributed by atoms with van der Waals surface area (Å²) < 4.78 is 4.99. The third-order valence-corrected chi connectivity index (χ3v) is 4.71. The Hall–Kier alpha value is -3.48. The standard InChI is InChI=1S/C22H22N2O5/c1-15(24-20(26)17-11-5-6-12-18(17)21(24)27)22(28)29-14-19(25)23-13-7-10-16-8-3-2-4-9-16/h2-6,8-9,11-12,15H,7,10,13-14H2,1H3,(H,23,25)/t15-/m0/s1. The number of hydrogen-bond donors (Lipinski definition) is 1. The van der Waals surface area contributed by atoms with E-state index in [1.165, 1.54) is 24.6 Å². The van der Waals surface area contributed by atoms with Crippen molar-refractivity contribution in [3.05, 3.63) is 71.3 Å². The number of nitrogens with zero attached hydrogens (tertiary/aromatic N) is 1. The molecule has 0 saturated carbocycles. The molecule has 1 heterocycles. The van der Waals surface area contributed by atoms with E-state index in [1.807, 2.05) is 30.3 Å². The van der Waals surface area contributed by atoms with E-state index >= 15 is 0 Å². The van der Waals surface area contributed by atoms with Gasteiger partial charge in [-0.2, -0.15) is 0 Å². The smallest absolute Gasteiger partial charge is 0.329 e. The molecule has 2 aromatic carbocycles. The molecule has 7 nitrogen and oxygen atoms in total. The number of rotatable bonds is 8. The van der Waals surface area contributed by atoms with Gasteiger partial charge in [-0.15, -0.1) is 0 Å². The molecule has 1 aliphatic rings. The van der Waals surface area contributed by atoms with E-state index in [4.69, 9.17) is 4.74 Å². The summed E-state index contributed by atoms with van der Waals surface area (Å²) in [6.45, 7) is 1.40. The highest BCUT2D eigenvalue weighted by molar-refractivity contribution is 6.22. The van der Waals surface area contributed by atoms with E-state index in [2.05, 4.69) is 5.32 Å². The zero-order valence-electron chi connectivity index (χ0n) is 16.1. The van der Waals surface area contributed by atoms with Crippen molar-refractivity contribution in [3.63, 3.8) is 0 Å². The van der Waals surface area contributed by atoms with Crippen LogP contribution in [0.5, 0.6) is 0 Å².